The van der Waals surface area contributed by atoms with E-state index < -0.39 is 0 Å². The van der Waals surface area contributed by atoms with Crippen LogP contribution in [0, 0.1) is 0 Å². The molecular formula is C15H11N4O+. The van der Waals surface area contributed by atoms with Gasteiger partial charge in [-0.2, -0.15) is 4.57 Å². The SMILES string of the molecule is Cn1c2[n+](c3oc4cccnc4c31)Cc1ncccc1-2. The molecule has 0 N–H and O–H groups in total. The van der Waals surface area contributed by atoms with Crippen molar-refractivity contribution in [1.29, 1.82) is 0 Å². The average molecular weight is 263 g/mol. The van der Waals surface area contributed by atoms with Crippen LogP contribution in [0.15, 0.2) is 41.1 Å². The Morgan fingerprint density at radius 2 is 2.05 bits per heavy atom. The van der Waals surface area contributed by atoms with Crippen molar-refractivity contribution in [2.24, 2.45) is 7.05 Å². The summed E-state index contributed by atoms with van der Waals surface area (Å²) >= 11 is 0. The predicted octanol–water partition coefficient (Wildman–Crippen LogP) is 2.03. The second-order valence-electron chi connectivity index (χ2n) is 5.07. The summed E-state index contributed by atoms with van der Waals surface area (Å²) in [5.74, 6) is 1.13. The molecule has 0 spiro atoms. The van der Waals surface area contributed by atoms with Gasteiger partial charge in [-0.1, -0.05) is 0 Å². The van der Waals surface area contributed by atoms with Crippen molar-refractivity contribution in [3.05, 3.63) is 42.4 Å². The largest absolute Gasteiger partial charge is 0.417 e. The molecule has 0 aromatic carbocycles. The molecule has 1 aliphatic heterocycles. The molecule has 5 nitrogen and oxygen atoms in total. The zero-order valence-electron chi connectivity index (χ0n) is 10.9. The summed E-state index contributed by atoms with van der Waals surface area (Å²) in [4.78, 5) is 8.91. The van der Waals surface area contributed by atoms with Crippen LogP contribution in [-0.4, -0.2) is 14.5 Å². The molecule has 0 aliphatic carbocycles. The molecule has 5 heterocycles. The van der Waals surface area contributed by atoms with Gasteiger partial charge >= 0.3 is 5.71 Å². The molecule has 0 unspecified atom stereocenters. The lowest BCUT2D eigenvalue weighted by molar-refractivity contribution is -0.652. The van der Waals surface area contributed by atoms with Crippen molar-refractivity contribution >= 4 is 22.3 Å². The minimum absolute atomic E-state index is 0.753. The monoisotopic (exact) mass is 263 g/mol. The molecule has 4 aromatic rings. The molecular weight excluding hydrogens is 252 g/mol. The van der Waals surface area contributed by atoms with Crippen LogP contribution in [0.1, 0.15) is 5.69 Å². The van der Waals surface area contributed by atoms with Crippen LogP contribution in [0.5, 0.6) is 0 Å². The van der Waals surface area contributed by atoms with Crippen LogP contribution in [0.4, 0.5) is 0 Å². The van der Waals surface area contributed by atoms with Gasteiger partial charge in [-0.25, -0.2) is 9.55 Å². The quantitative estimate of drug-likeness (QED) is 0.402. The van der Waals surface area contributed by atoms with E-state index >= 15 is 0 Å². The third-order valence-electron chi connectivity index (χ3n) is 4.00. The molecule has 0 radical (unpaired) electrons. The second-order valence-corrected chi connectivity index (χ2v) is 5.07. The van der Waals surface area contributed by atoms with E-state index in [4.69, 9.17) is 4.42 Å². The standard InChI is InChI=1S/C15H11N4O/c1-18-13-12-11(5-3-7-17-12)20-15(13)19-8-10-9(14(18)19)4-2-6-16-10/h2-7H,8H2,1H3/q+1. The highest BCUT2D eigenvalue weighted by molar-refractivity contribution is 5.98. The molecule has 0 amide bonds. The first-order chi connectivity index (χ1) is 9.84. The van der Waals surface area contributed by atoms with E-state index in [0.29, 0.717) is 0 Å². The molecule has 0 saturated heterocycles. The van der Waals surface area contributed by atoms with E-state index in [0.717, 1.165) is 40.4 Å². The smallest absolute Gasteiger partial charge is 0.341 e. The lowest BCUT2D eigenvalue weighted by Crippen LogP contribution is -2.31. The van der Waals surface area contributed by atoms with Crippen molar-refractivity contribution < 1.29 is 8.98 Å². The number of furan rings is 1. The van der Waals surface area contributed by atoms with Crippen molar-refractivity contribution in [3.8, 4) is 11.4 Å². The Balaban J connectivity index is 1.98. The maximum absolute atomic E-state index is 6.00. The fraction of sp³-hybridized carbons (Fsp3) is 0.133. The average Bonchev–Trinajstić information content (AvgIpc) is 3.10. The number of aryl methyl sites for hydroxylation is 1. The maximum Gasteiger partial charge on any atom is 0.341 e. The lowest BCUT2D eigenvalue weighted by atomic mass is 10.2. The summed E-state index contributed by atoms with van der Waals surface area (Å²) in [6.45, 7) is 0.753. The van der Waals surface area contributed by atoms with Crippen LogP contribution >= 0.6 is 0 Å². The van der Waals surface area contributed by atoms with Crippen LogP contribution in [-0.2, 0) is 13.6 Å². The summed E-state index contributed by atoms with van der Waals surface area (Å²) in [5, 5.41) is 0. The normalized spacial score (nSPS) is 13.1. The number of aromatic nitrogens is 4. The first kappa shape index (κ1) is 10.1. The zero-order valence-corrected chi connectivity index (χ0v) is 10.9. The second kappa shape index (κ2) is 3.25. The van der Waals surface area contributed by atoms with E-state index in [1.165, 1.54) is 5.56 Å². The van der Waals surface area contributed by atoms with Crippen LogP contribution in [0.2, 0.25) is 0 Å². The van der Waals surface area contributed by atoms with E-state index in [9.17, 15) is 0 Å². The number of hydrogen-bond acceptors (Lipinski definition) is 3. The predicted molar refractivity (Wildman–Crippen MR) is 73.0 cm³/mol. The van der Waals surface area contributed by atoms with Crippen molar-refractivity contribution in [2.75, 3.05) is 0 Å². The topological polar surface area (TPSA) is 47.7 Å². The highest BCUT2D eigenvalue weighted by atomic mass is 16.3. The van der Waals surface area contributed by atoms with Crippen LogP contribution < -0.4 is 4.57 Å². The number of hydrogen-bond donors (Lipinski definition) is 0. The van der Waals surface area contributed by atoms with Gasteiger partial charge in [0.25, 0.3) is 5.82 Å². The molecule has 0 saturated carbocycles. The zero-order chi connectivity index (χ0) is 13.3. The third kappa shape index (κ3) is 1.02. The molecule has 0 fully saturated rings. The molecule has 0 atom stereocenters. The molecule has 0 bridgehead atoms. The van der Waals surface area contributed by atoms with Crippen molar-refractivity contribution in [1.82, 2.24) is 14.5 Å². The Morgan fingerprint density at radius 1 is 1.20 bits per heavy atom. The van der Waals surface area contributed by atoms with Gasteiger partial charge in [0.15, 0.2) is 11.1 Å². The van der Waals surface area contributed by atoms with Gasteiger partial charge < -0.3 is 4.42 Å². The summed E-state index contributed by atoms with van der Waals surface area (Å²) < 4.78 is 10.3. The number of fused-ring (bicyclic) bond motifs is 7. The van der Waals surface area contributed by atoms with Gasteiger partial charge in [-0.3, -0.25) is 4.98 Å². The van der Waals surface area contributed by atoms with Gasteiger partial charge in [0.05, 0.1) is 18.3 Å². The summed E-state index contributed by atoms with van der Waals surface area (Å²) in [5.41, 5.74) is 5.92. The number of rotatable bonds is 0. The fourth-order valence-electron chi connectivity index (χ4n) is 3.16. The van der Waals surface area contributed by atoms with Gasteiger partial charge in [0.2, 0.25) is 5.52 Å². The Morgan fingerprint density at radius 3 is 3.00 bits per heavy atom. The van der Waals surface area contributed by atoms with Gasteiger partial charge in [-0.15, -0.1) is 0 Å². The van der Waals surface area contributed by atoms with Gasteiger partial charge in [0.1, 0.15) is 6.54 Å². The Labute approximate surface area is 114 Å². The highest BCUT2D eigenvalue weighted by Crippen LogP contribution is 2.33. The minimum Gasteiger partial charge on any atom is -0.417 e. The third-order valence-corrected chi connectivity index (χ3v) is 4.00. The Bertz CT molecular complexity index is 996. The van der Waals surface area contributed by atoms with Crippen molar-refractivity contribution in [2.45, 2.75) is 6.54 Å². The lowest BCUT2D eigenvalue weighted by Gasteiger charge is -1.94. The van der Waals surface area contributed by atoms with Crippen LogP contribution in [0.3, 0.4) is 0 Å². The molecule has 5 rings (SSSR count). The summed E-state index contributed by atoms with van der Waals surface area (Å²) in [6, 6.07) is 7.93. The summed E-state index contributed by atoms with van der Waals surface area (Å²) in [7, 11) is 2.06. The Kier molecular flexibility index (Phi) is 1.65. The molecule has 5 heteroatoms. The van der Waals surface area contributed by atoms with Crippen molar-refractivity contribution in [3.63, 3.8) is 0 Å². The maximum atomic E-state index is 6.00. The molecule has 96 valence electrons. The number of pyridine rings is 2. The van der Waals surface area contributed by atoms with Crippen LogP contribution in [0.25, 0.3) is 33.7 Å². The van der Waals surface area contributed by atoms with Gasteiger partial charge in [-0.05, 0) is 24.3 Å². The van der Waals surface area contributed by atoms with E-state index in [2.05, 4.69) is 32.2 Å². The highest BCUT2D eigenvalue weighted by Gasteiger charge is 2.36. The number of imidazole rings is 1. The number of nitrogens with zero attached hydrogens (tertiary/aromatic N) is 4. The molecule has 1 aliphatic rings. The Hall–Kier alpha value is -2.69. The first-order valence-electron chi connectivity index (χ1n) is 6.54. The summed E-state index contributed by atoms with van der Waals surface area (Å²) in [6.07, 6.45) is 3.64. The van der Waals surface area contributed by atoms with E-state index in [1.807, 2.05) is 24.4 Å². The fourth-order valence-corrected chi connectivity index (χ4v) is 3.16. The minimum atomic E-state index is 0.753. The molecule has 20 heavy (non-hydrogen) atoms. The van der Waals surface area contributed by atoms with E-state index in [1.54, 1.807) is 6.20 Å². The first-order valence-corrected chi connectivity index (χ1v) is 6.54. The molecule has 4 aromatic heterocycles. The van der Waals surface area contributed by atoms with E-state index in [-0.39, 0.29) is 0 Å². The van der Waals surface area contributed by atoms with Gasteiger partial charge in [0, 0.05) is 12.4 Å².